The summed E-state index contributed by atoms with van der Waals surface area (Å²) < 4.78 is 0. The lowest BCUT2D eigenvalue weighted by atomic mass is 10.1. The minimum Gasteiger partial charge on any atom is -0.334 e. The maximum absolute atomic E-state index is 12.4. The summed E-state index contributed by atoms with van der Waals surface area (Å²) >= 11 is 1.71. The fraction of sp³-hybridized carbons (Fsp3) is 0.278. The van der Waals surface area contributed by atoms with Gasteiger partial charge in [0.15, 0.2) is 0 Å². The minimum atomic E-state index is 0.219. The number of rotatable bonds is 7. The summed E-state index contributed by atoms with van der Waals surface area (Å²) in [6.07, 6.45) is 2.63. The smallest absolute Gasteiger partial charge is 0.223 e. The van der Waals surface area contributed by atoms with Crippen LogP contribution >= 0.6 is 11.8 Å². The summed E-state index contributed by atoms with van der Waals surface area (Å²) in [5.41, 5.74) is 2.34. The molecule has 0 saturated carbocycles. The molecule has 2 aromatic carbocycles. The first-order valence-electron chi connectivity index (χ1n) is 7.14. The van der Waals surface area contributed by atoms with E-state index in [1.807, 2.05) is 47.6 Å². The van der Waals surface area contributed by atoms with Crippen LogP contribution in [-0.4, -0.2) is 22.8 Å². The van der Waals surface area contributed by atoms with E-state index in [-0.39, 0.29) is 5.91 Å². The van der Waals surface area contributed by atoms with Gasteiger partial charge in [0.25, 0.3) is 0 Å². The van der Waals surface area contributed by atoms with Gasteiger partial charge in [0.2, 0.25) is 5.91 Å². The summed E-state index contributed by atoms with van der Waals surface area (Å²) in [6.45, 7) is 1.34. The topological polar surface area (TPSA) is 20.3 Å². The van der Waals surface area contributed by atoms with E-state index in [2.05, 4.69) is 24.3 Å². The van der Waals surface area contributed by atoms with Crippen LogP contribution in [0.2, 0.25) is 0 Å². The van der Waals surface area contributed by atoms with Crippen LogP contribution in [0.1, 0.15) is 17.5 Å². The van der Waals surface area contributed by atoms with Crippen LogP contribution < -0.4 is 0 Å². The third kappa shape index (κ3) is 5.27. The van der Waals surface area contributed by atoms with Crippen LogP contribution in [0.25, 0.3) is 0 Å². The second-order valence-electron chi connectivity index (χ2n) is 4.96. The number of carbonyl (C=O) groups excluding carboxylic acids is 1. The first-order valence-corrected chi connectivity index (χ1v) is 8.53. The molecule has 0 unspecified atom stereocenters. The molecular weight excluding hydrogens is 278 g/mol. The Hall–Kier alpha value is -1.74. The van der Waals surface area contributed by atoms with Crippen molar-refractivity contribution in [1.29, 1.82) is 0 Å². The number of hydrogen-bond acceptors (Lipinski definition) is 2. The molecule has 1 amide bonds. The van der Waals surface area contributed by atoms with Gasteiger partial charge in [-0.3, -0.25) is 4.79 Å². The molecule has 3 heteroatoms. The zero-order chi connectivity index (χ0) is 14.9. The molecule has 0 aromatic heterocycles. The van der Waals surface area contributed by atoms with Crippen LogP contribution in [0.15, 0.2) is 60.7 Å². The van der Waals surface area contributed by atoms with Gasteiger partial charge in [0.05, 0.1) is 0 Å². The van der Waals surface area contributed by atoms with Crippen LogP contribution in [0, 0.1) is 0 Å². The molecule has 0 atom stereocenters. The Kier molecular flexibility index (Phi) is 6.35. The molecule has 0 N–H and O–H groups in total. The van der Waals surface area contributed by atoms with Gasteiger partial charge in [-0.15, -0.1) is 0 Å². The van der Waals surface area contributed by atoms with Crippen molar-refractivity contribution >= 4 is 17.7 Å². The standard InChI is InChI=1S/C18H21NOS/c1-21-13-12-18(20)19(14-16-8-4-2-5-9-16)15-17-10-6-3-7-11-17/h2-11H,12-15H2,1H3. The summed E-state index contributed by atoms with van der Waals surface area (Å²) in [4.78, 5) is 14.4. The number of nitrogens with zero attached hydrogens (tertiary/aromatic N) is 1. The van der Waals surface area contributed by atoms with Gasteiger partial charge in [-0.1, -0.05) is 60.7 Å². The fourth-order valence-electron chi connectivity index (χ4n) is 2.19. The van der Waals surface area contributed by atoms with Crippen molar-refractivity contribution in [3.05, 3.63) is 71.8 Å². The van der Waals surface area contributed by atoms with Gasteiger partial charge in [0, 0.05) is 25.3 Å². The normalized spacial score (nSPS) is 10.3. The predicted molar refractivity (Wildman–Crippen MR) is 90.1 cm³/mol. The van der Waals surface area contributed by atoms with Crippen LogP contribution in [-0.2, 0) is 17.9 Å². The molecule has 0 saturated heterocycles. The number of amides is 1. The van der Waals surface area contributed by atoms with Gasteiger partial charge in [-0.2, -0.15) is 11.8 Å². The van der Waals surface area contributed by atoms with Gasteiger partial charge >= 0.3 is 0 Å². The maximum Gasteiger partial charge on any atom is 0.223 e. The zero-order valence-corrected chi connectivity index (χ0v) is 13.2. The Bertz CT molecular complexity index is 500. The second kappa shape index (κ2) is 8.53. The van der Waals surface area contributed by atoms with Gasteiger partial charge < -0.3 is 4.90 Å². The van der Waals surface area contributed by atoms with Crippen molar-refractivity contribution in [1.82, 2.24) is 4.90 Å². The lowest BCUT2D eigenvalue weighted by molar-refractivity contribution is -0.132. The molecule has 0 aliphatic carbocycles. The van der Waals surface area contributed by atoms with E-state index in [9.17, 15) is 4.79 Å². The van der Waals surface area contributed by atoms with E-state index in [0.717, 1.165) is 5.75 Å². The van der Waals surface area contributed by atoms with Crippen molar-refractivity contribution in [2.75, 3.05) is 12.0 Å². The lowest BCUT2D eigenvalue weighted by Crippen LogP contribution is -2.30. The second-order valence-corrected chi connectivity index (χ2v) is 5.95. The molecule has 0 radical (unpaired) electrons. The molecule has 0 bridgehead atoms. The van der Waals surface area contributed by atoms with Gasteiger partial charge in [0.1, 0.15) is 0 Å². The molecule has 0 spiro atoms. The van der Waals surface area contributed by atoms with Crippen molar-refractivity contribution in [2.45, 2.75) is 19.5 Å². The third-order valence-electron chi connectivity index (χ3n) is 3.31. The lowest BCUT2D eigenvalue weighted by Gasteiger charge is -2.23. The van der Waals surface area contributed by atoms with Crippen molar-refractivity contribution in [3.63, 3.8) is 0 Å². The molecule has 0 heterocycles. The summed E-state index contributed by atoms with van der Waals surface area (Å²) in [7, 11) is 0. The van der Waals surface area contributed by atoms with Gasteiger partial charge in [-0.25, -0.2) is 0 Å². The van der Waals surface area contributed by atoms with Crippen molar-refractivity contribution in [2.24, 2.45) is 0 Å². The van der Waals surface area contributed by atoms with E-state index in [0.29, 0.717) is 19.5 Å². The van der Waals surface area contributed by atoms with Gasteiger partial charge in [-0.05, 0) is 17.4 Å². The first kappa shape index (κ1) is 15.6. The molecule has 0 aliphatic rings. The highest BCUT2D eigenvalue weighted by atomic mass is 32.2. The van der Waals surface area contributed by atoms with E-state index < -0.39 is 0 Å². The Balaban J connectivity index is 2.08. The summed E-state index contributed by atoms with van der Waals surface area (Å²) in [5, 5.41) is 0. The Morgan fingerprint density at radius 3 is 1.81 bits per heavy atom. The quantitative estimate of drug-likeness (QED) is 0.771. The average Bonchev–Trinajstić information content (AvgIpc) is 2.54. The largest absolute Gasteiger partial charge is 0.334 e. The number of carbonyl (C=O) groups is 1. The van der Waals surface area contributed by atoms with E-state index >= 15 is 0 Å². The summed E-state index contributed by atoms with van der Waals surface area (Å²) in [5.74, 6) is 1.09. The Labute approximate surface area is 131 Å². The molecule has 110 valence electrons. The number of hydrogen-bond donors (Lipinski definition) is 0. The molecule has 21 heavy (non-hydrogen) atoms. The molecular formula is C18H21NOS. The van der Waals surface area contributed by atoms with E-state index in [1.165, 1.54) is 11.1 Å². The average molecular weight is 299 g/mol. The van der Waals surface area contributed by atoms with E-state index in [4.69, 9.17) is 0 Å². The number of benzene rings is 2. The predicted octanol–water partition coefficient (Wildman–Crippen LogP) is 3.97. The van der Waals surface area contributed by atoms with E-state index in [1.54, 1.807) is 11.8 Å². The fourth-order valence-corrected chi connectivity index (χ4v) is 2.57. The van der Waals surface area contributed by atoms with Crippen molar-refractivity contribution < 1.29 is 4.79 Å². The molecule has 2 aromatic rings. The first-order chi connectivity index (χ1) is 10.3. The highest BCUT2D eigenvalue weighted by Crippen LogP contribution is 2.12. The van der Waals surface area contributed by atoms with Crippen LogP contribution in [0.3, 0.4) is 0 Å². The Morgan fingerprint density at radius 2 is 1.38 bits per heavy atom. The van der Waals surface area contributed by atoms with Crippen LogP contribution in [0.4, 0.5) is 0 Å². The highest BCUT2D eigenvalue weighted by molar-refractivity contribution is 7.98. The number of thioether (sulfide) groups is 1. The molecule has 0 fully saturated rings. The molecule has 2 nitrogen and oxygen atoms in total. The Morgan fingerprint density at radius 1 is 0.905 bits per heavy atom. The highest BCUT2D eigenvalue weighted by Gasteiger charge is 2.14. The molecule has 0 aliphatic heterocycles. The summed E-state index contributed by atoms with van der Waals surface area (Å²) in [6, 6.07) is 20.3. The monoisotopic (exact) mass is 299 g/mol. The molecule has 2 rings (SSSR count). The minimum absolute atomic E-state index is 0.219. The maximum atomic E-state index is 12.4. The van der Waals surface area contributed by atoms with Crippen molar-refractivity contribution in [3.8, 4) is 0 Å². The third-order valence-corrected chi connectivity index (χ3v) is 3.92. The SMILES string of the molecule is CSCCC(=O)N(Cc1ccccc1)Cc1ccccc1. The zero-order valence-electron chi connectivity index (χ0n) is 12.4. The van der Waals surface area contributed by atoms with Crippen LogP contribution in [0.5, 0.6) is 0 Å².